The fraction of sp³-hybridized carbons (Fsp3) is 0.400. The summed E-state index contributed by atoms with van der Waals surface area (Å²) in [7, 11) is -3.51. The van der Waals surface area contributed by atoms with E-state index in [1.807, 2.05) is 19.1 Å². The molecule has 0 bridgehead atoms. The fourth-order valence-electron chi connectivity index (χ4n) is 0.905. The molecule has 1 atom stereocenters. The van der Waals surface area contributed by atoms with Crippen molar-refractivity contribution >= 4 is 7.60 Å². The van der Waals surface area contributed by atoms with E-state index < -0.39 is 7.60 Å². The van der Waals surface area contributed by atoms with Crippen molar-refractivity contribution in [3.8, 4) is 5.75 Å². The summed E-state index contributed by atoms with van der Waals surface area (Å²) in [6.07, 6.45) is 0. The molecule has 1 unspecified atom stereocenters. The first-order chi connectivity index (χ1) is 6.43. The fourth-order valence-corrected chi connectivity index (χ4v) is 1.60. The lowest BCUT2D eigenvalue weighted by atomic mass is 10.2. The normalized spacial score (nSPS) is 15.2. The Labute approximate surface area is 84.3 Å². The SMILES string of the molecule is Cc1ccccc1OP(=O)(O)C(C)C. The first kappa shape index (κ1) is 11.3. The van der Waals surface area contributed by atoms with Crippen LogP contribution in [0.3, 0.4) is 0 Å². The Morgan fingerprint density at radius 3 is 2.43 bits per heavy atom. The molecule has 1 N–H and O–H groups in total. The lowest BCUT2D eigenvalue weighted by Gasteiger charge is -2.17. The molecule has 0 aliphatic carbocycles. The van der Waals surface area contributed by atoms with Crippen molar-refractivity contribution < 1.29 is 14.0 Å². The van der Waals surface area contributed by atoms with Gasteiger partial charge >= 0.3 is 7.60 Å². The third kappa shape index (κ3) is 2.60. The predicted molar refractivity (Wildman–Crippen MR) is 56.8 cm³/mol. The molecule has 0 aliphatic heterocycles. The van der Waals surface area contributed by atoms with Crippen molar-refractivity contribution in [1.82, 2.24) is 0 Å². The van der Waals surface area contributed by atoms with Gasteiger partial charge in [0, 0.05) is 0 Å². The van der Waals surface area contributed by atoms with Crippen LogP contribution in [0.15, 0.2) is 24.3 Å². The Kier molecular flexibility index (Phi) is 3.35. The third-order valence-electron chi connectivity index (χ3n) is 1.98. The molecular formula is C10H15O3P. The highest BCUT2D eigenvalue weighted by molar-refractivity contribution is 7.53. The molecule has 4 heteroatoms. The zero-order valence-electron chi connectivity index (χ0n) is 8.60. The Bertz CT molecular complexity index is 360. The van der Waals surface area contributed by atoms with Crippen LogP contribution in [0.2, 0.25) is 0 Å². The van der Waals surface area contributed by atoms with Crippen molar-refractivity contribution in [2.45, 2.75) is 26.4 Å². The zero-order valence-corrected chi connectivity index (χ0v) is 9.49. The number of hydrogen-bond acceptors (Lipinski definition) is 2. The van der Waals surface area contributed by atoms with Crippen LogP contribution >= 0.6 is 7.60 Å². The minimum absolute atomic E-state index is 0.387. The number of benzene rings is 1. The van der Waals surface area contributed by atoms with Gasteiger partial charge in [0.25, 0.3) is 0 Å². The first-order valence-corrected chi connectivity index (χ1v) is 6.16. The monoisotopic (exact) mass is 214 g/mol. The van der Waals surface area contributed by atoms with Gasteiger partial charge in [-0.05, 0) is 18.6 Å². The third-order valence-corrected chi connectivity index (χ3v) is 3.74. The van der Waals surface area contributed by atoms with Crippen LogP contribution in [0.5, 0.6) is 5.75 Å². The summed E-state index contributed by atoms with van der Waals surface area (Å²) in [5, 5.41) is 0. The number of para-hydroxylation sites is 1. The van der Waals surface area contributed by atoms with E-state index in [-0.39, 0.29) is 5.66 Å². The summed E-state index contributed by atoms with van der Waals surface area (Å²) in [6.45, 7) is 5.17. The molecule has 0 heterocycles. The largest absolute Gasteiger partial charge is 0.424 e. The van der Waals surface area contributed by atoms with Gasteiger partial charge in [0.15, 0.2) is 0 Å². The summed E-state index contributed by atoms with van der Waals surface area (Å²) < 4.78 is 16.7. The Balaban J connectivity index is 2.90. The zero-order chi connectivity index (χ0) is 10.8. The second kappa shape index (κ2) is 4.16. The molecule has 0 saturated heterocycles. The summed E-state index contributed by atoms with van der Waals surface area (Å²) in [4.78, 5) is 9.50. The van der Waals surface area contributed by atoms with E-state index in [0.717, 1.165) is 5.56 Å². The highest BCUT2D eigenvalue weighted by Gasteiger charge is 2.26. The van der Waals surface area contributed by atoms with Gasteiger partial charge < -0.3 is 9.42 Å². The highest BCUT2D eigenvalue weighted by Crippen LogP contribution is 2.47. The van der Waals surface area contributed by atoms with Gasteiger partial charge in [-0.1, -0.05) is 32.0 Å². The van der Waals surface area contributed by atoms with Gasteiger partial charge in [0.2, 0.25) is 0 Å². The molecule has 1 aromatic carbocycles. The Morgan fingerprint density at radius 2 is 1.93 bits per heavy atom. The maximum Gasteiger partial charge on any atom is 0.379 e. The second-order valence-electron chi connectivity index (χ2n) is 3.51. The smallest absolute Gasteiger partial charge is 0.379 e. The quantitative estimate of drug-likeness (QED) is 0.787. The molecule has 0 fully saturated rings. The van der Waals surface area contributed by atoms with Gasteiger partial charge in [0.1, 0.15) is 5.75 Å². The maximum atomic E-state index is 11.6. The molecular weight excluding hydrogens is 199 g/mol. The summed E-state index contributed by atoms with van der Waals surface area (Å²) >= 11 is 0. The van der Waals surface area contributed by atoms with E-state index in [1.54, 1.807) is 26.0 Å². The van der Waals surface area contributed by atoms with Crippen LogP contribution in [-0.2, 0) is 4.57 Å². The summed E-state index contributed by atoms with van der Waals surface area (Å²) in [5.41, 5.74) is 0.476. The molecule has 0 aromatic heterocycles. The van der Waals surface area contributed by atoms with Crippen LogP contribution < -0.4 is 4.52 Å². The topological polar surface area (TPSA) is 46.5 Å². The molecule has 3 nitrogen and oxygen atoms in total. The first-order valence-electron chi connectivity index (χ1n) is 4.51. The van der Waals surface area contributed by atoms with Crippen LogP contribution in [0.4, 0.5) is 0 Å². The van der Waals surface area contributed by atoms with E-state index in [2.05, 4.69) is 0 Å². The molecule has 1 aromatic rings. The minimum atomic E-state index is -3.51. The molecule has 14 heavy (non-hydrogen) atoms. The molecule has 1 rings (SSSR count). The van der Waals surface area contributed by atoms with E-state index in [0.29, 0.717) is 5.75 Å². The van der Waals surface area contributed by atoms with Crippen molar-refractivity contribution in [2.24, 2.45) is 0 Å². The van der Waals surface area contributed by atoms with Gasteiger partial charge in [-0.25, -0.2) is 4.57 Å². The van der Waals surface area contributed by atoms with Crippen LogP contribution in [0.25, 0.3) is 0 Å². The van der Waals surface area contributed by atoms with Crippen LogP contribution in [-0.4, -0.2) is 10.6 Å². The Morgan fingerprint density at radius 1 is 1.36 bits per heavy atom. The van der Waals surface area contributed by atoms with E-state index in [1.165, 1.54) is 0 Å². The van der Waals surface area contributed by atoms with Gasteiger partial charge in [-0.3, -0.25) is 0 Å². The van der Waals surface area contributed by atoms with Crippen molar-refractivity contribution in [3.05, 3.63) is 29.8 Å². The molecule has 0 amide bonds. The molecule has 0 saturated carbocycles. The minimum Gasteiger partial charge on any atom is -0.424 e. The second-order valence-corrected chi connectivity index (χ2v) is 5.86. The average molecular weight is 214 g/mol. The molecule has 0 aliphatic rings. The molecule has 0 radical (unpaired) electrons. The maximum absolute atomic E-state index is 11.6. The van der Waals surface area contributed by atoms with Gasteiger partial charge in [0.05, 0.1) is 5.66 Å². The number of rotatable bonds is 3. The van der Waals surface area contributed by atoms with Gasteiger partial charge in [-0.2, -0.15) is 0 Å². The number of hydrogen-bond donors (Lipinski definition) is 1. The Hall–Kier alpha value is -0.790. The van der Waals surface area contributed by atoms with E-state index in [9.17, 15) is 9.46 Å². The van der Waals surface area contributed by atoms with Crippen LogP contribution in [0.1, 0.15) is 19.4 Å². The van der Waals surface area contributed by atoms with Crippen molar-refractivity contribution in [3.63, 3.8) is 0 Å². The molecule has 0 spiro atoms. The number of aryl methyl sites for hydroxylation is 1. The standard InChI is InChI=1S/C10H15O3P/c1-8(2)14(11,12)13-10-7-5-4-6-9(10)3/h4-8H,1-3H3,(H,11,12). The summed E-state index contributed by atoms with van der Waals surface area (Å²) in [6, 6.07) is 7.18. The lowest BCUT2D eigenvalue weighted by molar-refractivity contribution is 0.369. The summed E-state index contributed by atoms with van der Waals surface area (Å²) in [5.74, 6) is 0.479. The predicted octanol–water partition coefficient (Wildman–Crippen LogP) is 2.97. The van der Waals surface area contributed by atoms with E-state index in [4.69, 9.17) is 4.52 Å². The molecule has 78 valence electrons. The highest BCUT2D eigenvalue weighted by atomic mass is 31.2. The van der Waals surface area contributed by atoms with E-state index >= 15 is 0 Å². The average Bonchev–Trinajstić information content (AvgIpc) is 2.08. The van der Waals surface area contributed by atoms with Crippen LogP contribution in [0, 0.1) is 6.92 Å². The van der Waals surface area contributed by atoms with Gasteiger partial charge in [-0.15, -0.1) is 0 Å². The van der Waals surface area contributed by atoms with Crippen molar-refractivity contribution in [2.75, 3.05) is 0 Å². The van der Waals surface area contributed by atoms with Crippen molar-refractivity contribution in [1.29, 1.82) is 0 Å². The lowest BCUT2D eigenvalue weighted by Crippen LogP contribution is -2.04.